The summed E-state index contributed by atoms with van der Waals surface area (Å²) in [7, 11) is 0. The van der Waals surface area contributed by atoms with Crippen molar-refractivity contribution in [2.45, 2.75) is 52.4 Å². The molecule has 58 heavy (non-hydrogen) atoms. The van der Waals surface area contributed by atoms with Crippen molar-refractivity contribution in [1.29, 1.82) is 0 Å². The highest BCUT2D eigenvalue weighted by Gasteiger charge is 2.25. The molecule has 282 valence electrons. The molecule has 0 saturated carbocycles. The monoisotopic (exact) mass is 751 g/mol. The molecule has 7 aromatic carbocycles. The van der Waals surface area contributed by atoms with Crippen molar-refractivity contribution in [3.8, 4) is 45.5 Å². The Labute approximate surface area is 339 Å². The van der Waals surface area contributed by atoms with Crippen LogP contribution in [0.1, 0.15) is 52.7 Å². The summed E-state index contributed by atoms with van der Waals surface area (Å²) in [6.07, 6.45) is 0. The van der Waals surface area contributed by atoms with E-state index in [0.29, 0.717) is 17.5 Å². The molecule has 0 N–H and O–H groups in total. The maximum absolute atomic E-state index is 5.33. The van der Waals surface area contributed by atoms with Gasteiger partial charge in [0.1, 0.15) is 0 Å². The van der Waals surface area contributed by atoms with Crippen LogP contribution in [0.3, 0.4) is 0 Å². The molecule has 10 aromatic rings. The Bertz CT molecular complexity index is 3030. The van der Waals surface area contributed by atoms with Gasteiger partial charge in [-0.25, -0.2) is 15.0 Å². The number of hydrogen-bond acceptors (Lipinski definition) is 3. The molecule has 0 saturated heterocycles. The van der Waals surface area contributed by atoms with E-state index in [2.05, 4.69) is 178 Å². The van der Waals surface area contributed by atoms with Gasteiger partial charge in [-0.05, 0) is 76.6 Å². The highest BCUT2D eigenvalue weighted by molar-refractivity contribution is 6.15. The van der Waals surface area contributed by atoms with Crippen LogP contribution >= 0.6 is 0 Å². The Morgan fingerprint density at radius 3 is 1.36 bits per heavy atom. The third-order valence-electron chi connectivity index (χ3n) is 11.5. The third-order valence-corrected chi connectivity index (χ3v) is 11.5. The lowest BCUT2D eigenvalue weighted by atomic mass is 9.85. The molecule has 0 radical (unpaired) electrons. The predicted octanol–water partition coefficient (Wildman–Crippen LogP) is 13.7. The predicted molar refractivity (Wildman–Crippen MR) is 242 cm³/mol. The molecular formula is C53H45N5. The SMILES string of the molecule is CC(C)(C)c1ccc2c(c1)c1cc(C(C)(C)C)ccc1n2-c1cc(-c2nc(-c3ccccc3)nc(-c3ccccc3)n2)c2c(c1)c1ccccc1n2-c1ccccc1. The quantitative estimate of drug-likeness (QED) is 0.176. The molecule has 10 rings (SSSR count). The molecule has 3 aromatic heterocycles. The zero-order valence-corrected chi connectivity index (χ0v) is 33.8. The van der Waals surface area contributed by atoms with Crippen LogP contribution in [0.15, 0.2) is 164 Å². The van der Waals surface area contributed by atoms with E-state index in [4.69, 9.17) is 15.0 Å². The fourth-order valence-corrected chi connectivity index (χ4v) is 8.39. The molecule has 0 spiro atoms. The molecule has 0 amide bonds. The molecule has 0 bridgehead atoms. The Kier molecular flexibility index (Phi) is 8.20. The molecule has 5 heteroatoms. The van der Waals surface area contributed by atoms with Crippen LogP contribution in [0, 0.1) is 0 Å². The van der Waals surface area contributed by atoms with Gasteiger partial charge < -0.3 is 9.13 Å². The van der Waals surface area contributed by atoms with Gasteiger partial charge in [-0.1, -0.05) is 151 Å². The highest BCUT2D eigenvalue weighted by atomic mass is 15.1. The van der Waals surface area contributed by atoms with Crippen molar-refractivity contribution in [2.75, 3.05) is 0 Å². The standard InChI is InChI=1S/C53H45N5/c1-52(2,3)36-26-28-46-41(30-36)42-31-37(53(4,5)6)27-29-47(42)57(46)39-32-43-40-24-16-17-25-45(40)58(38-22-14-9-15-23-38)48(43)44(33-39)51-55-49(34-18-10-7-11-19-34)54-50(56-51)35-20-12-8-13-21-35/h7-33H,1-6H3. The first-order valence-corrected chi connectivity index (χ1v) is 20.1. The van der Waals surface area contributed by atoms with Crippen molar-refractivity contribution >= 4 is 43.6 Å². The second-order valence-electron chi connectivity index (χ2n) is 17.4. The summed E-state index contributed by atoms with van der Waals surface area (Å²) in [5.41, 5.74) is 12.0. The number of aromatic nitrogens is 5. The zero-order chi connectivity index (χ0) is 39.8. The molecule has 0 fully saturated rings. The molecule has 0 unspecified atom stereocenters. The van der Waals surface area contributed by atoms with Crippen molar-refractivity contribution in [2.24, 2.45) is 0 Å². The van der Waals surface area contributed by atoms with Crippen LogP contribution in [0.4, 0.5) is 0 Å². The Morgan fingerprint density at radius 2 is 0.828 bits per heavy atom. The van der Waals surface area contributed by atoms with Crippen LogP contribution < -0.4 is 0 Å². The lowest BCUT2D eigenvalue weighted by molar-refractivity contribution is 0.590. The third kappa shape index (κ3) is 5.97. The van der Waals surface area contributed by atoms with Gasteiger partial charge in [0, 0.05) is 49.6 Å². The summed E-state index contributed by atoms with van der Waals surface area (Å²) in [6, 6.07) is 58.5. The van der Waals surface area contributed by atoms with Crippen molar-refractivity contribution < 1.29 is 0 Å². The second-order valence-corrected chi connectivity index (χ2v) is 17.4. The maximum Gasteiger partial charge on any atom is 0.166 e. The molecular weight excluding hydrogens is 707 g/mol. The Morgan fingerprint density at radius 1 is 0.362 bits per heavy atom. The van der Waals surface area contributed by atoms with Crippen LogP contribution in [0.5, 0.6) is 0 Å². The number of fused-ring (bicyclic) bond motifs is 6. The Hall–Kier alpha value is -6.85. The number of hydrogen-bond donors (Lipinski definition) is 0. The van der Waals surface area contributed by atoms with Gasteiger partial charge in [-0.2, -0.15) is 0 Å². The average molecular weight is 752 g/mol. The minimum atomic E-state index is 0.00119. The minimum absolute atomic E-state index is 0.00119. The van der Waals surface area contributed by atoms with Gasteiger partial charge in [-0.15, -0.1) is 0 Å². The molecule has 0 aliphatic rings. The smallest absolute Gasteiger partial charge is 0.166 e. The van der Waals surface area contributed by atoms with E-state index in [0.717, 1.165) is 60.9 Å². The topological polar surface area (TPSA) is 48.5 Å². The van der Waals surface area contributed by atoms with Crippen molar-refractivity contribution in [1.82, 2.24) is 24.1 Å². The molecule has 5 nitrogen and oxygen atoms in total. The number of nitrogens with zero attached hydrogens (tertiary/aromatic N) is 5. The van der Waals surface area contributed by atoms with E-state index in [-0.39, 0.29) is 10.8 Å². The van der Waals surface area contributed by atoms with Gasteiger partial charge in [-0.3, -0.25) is 0 Å². The molecule has 0 atom stereocenters. The fraction of sp³-hybridized carbons (Fsp3) is 0.151. The first-order chi connectivity index (χ1) is 28.0. The van der Waals surface area contributed by atoms with Crippen molar-refractivity contribution in [3.05, 3.63) is 175 Å². The average Bonchev–Trinajstić information content (AvgIpc) is 3.76. The van der Waals surface area contributed by atoms with Gasteiger partial charge in [0.05, 0.1) is 22.1 Å². The summed E-state index contributed by atoms with van der Waals surface area (Å²) >= 11 is 0. The first-order valence-electron chi connectivity index (χ1n) is 20.1. The van der Waals surface area contributed by atoms with E-state index in [9.17, 15) is 0 Å². The summed E-state index contributed by atoms with van der Waals surface area (Å²) in [5, 5.41) is 4.79. The minimum Gasteiger partial charge on any atom is -0.309 e. The van der Waals surface area contributed by atoms with E-state index in [1.165, 1.54) is 21.9 Å². The zero-order valence-electron chi connectivity index (χ0n) is 33.8. The van der Waals surface area contributed by atoms with E-state index >= 15 is 0 Å². The summed E-state index contributed by atoms with van der Waals surface area (Å²) < 4.78 is 4.81. The van der Waals surface area contributed by atoms with Crippen LogP contribution in [-0.2, 0) is 10.8 Å². The summed E-state index contributed by atoms with van der Waals surface area (Å²) in [6.45, 7) is 13.7. The fourth-order valence-electron chi connectivity index (χ4n) is 8.39. The van der Waals surface area contributed by atoms with Gasteiger partial charge >= 0.3 is 0 Å². The molecule has 0 aliphatic heterocycles. The van der Waals surface area contributed by atoms with E-state index in [1.54, 1.807) is 0 Å². The number of rotatable bonds is 5. The van der Waals surface area contributed by atoms with Crippen molar-refractivity contribution in [3.63, 3.8) is 0 Å². The normalized spacial score (nSPS) is 12.3. The summed E-state index contributed by atoms with van der Waals surface area (Å²) in [4.78, 5) is 15.7. The lowest BCUT2D eigenvalue weighted by Crippen LogP contribution is -2.10. The second kappa shape index (κ2) is 13.4. The first kappa shape index (κ1) is 35.6. The van der Waals surface area contributed by atoms with E-state index < -0.39 is 0 Å². The molecule has 3 heterocycles. The number of para-hydroxylation sites is 2. The summed E-state index contributed by atoms with van der Waals surface area (Å²) in [5.74, 6) is 1.88. The van der Waals surface area contributed by atoms with Gasteiger partial charge in [0.2, 0.25) is 0 Å². The van der Waals surface area contributed by atoms with E-state index in [1.807, 2.05) is 36.4 Å². The van der Waals surface area contributed by atoms with Crippen LogP contribution in [-0.4, -0.2) is 24.1 Å². The van der Waals surface area contributed by atoms with Crippen LogP contribution in [0.2, 0.25) is 0 Å². The largest absolute Gasteiger partial charge is 0.309 e. The lowest BCUT2D eigenvalue weighted by Gasteiger charge is -2.19. The molecule has 0 aliphatic carbocycles. The maximum atomic E-state index is 5.33. The number of benzene rings is 7. The highest BCUT2D eigenvalue weighted by Crippen LogP contribution is 2.43. The van der Waals surface area contributed by atoms with Gasteiger partial charge in [0.15, 0.2) is 17.5 Å². The van der Waals surface area contributed by atoms with Crippen LogP contribution in [0.25, 0.3) is 89.2 Å². The van der Waals surface area contributed by atoms with Gasteiger partial charge in [0.25, 0.3) is 0 Å². The Balaban J connectivity index is 1.36.